The molecule has 0 unspecified atom stereocenters. The summed E-state index contributed by atoms with van der Waals surface area (Å²) in [5.41, 5.74) is 2.08. The fraction of sp³-hybridized carbons (Fsp3) is 0.167. The van der Waals surface area contributed by atoms with Crippen LogP contribution in [0.1, 0.15) is 46.0 Å². The van der Waals surface area contributed by atoms with Crippen molar-refractivity contribution in [1.82, 2.24) is 0 Å². The van der Waals surface area contributed by atoms with E-state index >= 15 is 0 Å². The Morgan fingerprint density at radius 2 is 1.50 bits per heavy atom. The number of methoxy groups -OCH3 is 1. The third-order valence-electron chi connectivity index (χ3n) is 4.65. The van der Waals surface area contributed by atoms with Gasteiger partial charge in [0, 0.05) is 11.3 Å². The zero-order valence-electron chi connectivity index (χ0n) is 17.0. The largest absolute Gasteiger partial charge is 0.496 e. The van der Waals surface area contributed by atoms with E-state index in [-0.39, 0.29) is 23.1 Å². The van der Waals surface area contributed by atoms with Gasteiger partial charge in [-0.25, -0.2) is 4.39 Å². The second-order valence-corrected chi connectivity index (χ2v) is 7.05. The van der Waals surface area contributed by atoms with Crippen molar-refractivity contribution in [3.05, 3.63) is 89.2 Å². The maximum absolute atomic E-state index is 14.3. The van der Waals surface area contributed by atoms with Gasteiger partial charge < -0.3 is 15.4 Å². The molecule has 30 heavy (non-hydrogen) atoms. The van der Waals surface area contributed by atoms with Crippen molar-refractivity contribution >= 4 is 23.2 Å². The molecule has 0 radical (unpaired) electrons. The zero-order chi connectivity index (χ0) is 21.7. The number of carbonyl (C=O) groups is 2. The predicted molar refractivity (Wildman–Crippen MR) is 116 cm³/mol. The van der Waals surface area contributed by atoms with Crippen LogP contribution >= 0.6 is 0 Å². The van der Waals surface area contributed by atoms with Gasteiger partial charge in [-0.3, -0.25) is 9.59 Å². The number of anilines is 2. The van der Waals surface area contributed by atoms with Gasteiger partial charge >= 0.3 is 0 Å². The van der Waals surface area contributed by atoms with Gasteiger partial charge in [-0.1, -0.05) is 44.2 Å². The van der Waals surface area contributed by atoms with Crippen LogP contribution in [0.4, 0.5) is 15.8 Å². The number of halogens is 1. The first-order valence-corrected chi connectivity index (χ1v) is 9.55. The van der Waals surface area contributed by atoms with Crippen LogP contribution in [0, 0.1) is 5.82 Å². The Bertz CT molecular complexity index is 1080. The van der Waals surface area contributed by atoms with E-state index < -0.39 is 11.7 Å². The molecule has 0 fully saturated rings. The molecule has 0 aliphatic rings. The Morgan fingerprint density at radius 1 is 0.867 bits per heavy atom. The molecular weight excluding hydrogens is 383 g/mol. The maximum atomic E-state index is 14.3. The van der Waals surface area contributed by atoms with Gasteiger partial charge in [-0.15, -0.1) is 0 Å². The number of nitrogens with one attached hydrogen (secondary N) is 2. The van der Waals surface area contributed by atoms with Crippen molar-refractivity contribution in [1.29, 1.82) is 0 Å². The predicted octanol–water partition coefficient (Wildman–Crippen LogP) is 5.46. The number of amides is 2. The van der Waals surface area contributed by atoms with E-state index in [0.29, 0.717) is 17.0 Å². The second-order valence-electron chi connectivity index (χ2n) is 7.05. The van der Waals surface area contributed by atoms with Crippen LogP contribution in [0.15, 0.2) is 66.7 Å². The third-order valence-corrected chi connectivity index (χ3v) is 4.65. The molecule has 0 saturated carbocycles. The molecule has 0 atom stereocenters. The van der Waals surface area contributed by atoms with E-state index in [4.69, 9.17) is 4.74 Å². The van der Waals surface area contributed by atoms with Crippen LogP contribution in [0.5, 0.6) is 5.75 Å². The van der Waals surface area contributed by atoms with Gasteiger partial charge in [0.25, 0.3) is 11.8 Å². The average molecular weight is 406 g/mol. The van der Waals surface area contributed by atoms with Gasteiger partial charge in [-0.05, 0) is 47.9 Å². The average Bonchev–Trinajstić information content (AvgIpc) is 2.75. The summed E-state index contributed by atoms with van der Waals surface area (Å²) in [6.45, 7) is 4.02. The highest BCUT2D eigenvalue weighted by Gasteiger charge is 2.16. The summed E-state index contributed by atoms with van der Waals surface area (Å²) in [5.74, 6) is -0.868. The summed E-state index contributed by atoms with van der Waals surface area (Å²) in [6.07, 6.45) is 0. The van der Waals surface area contributed by atoms with E-state index in [1.54, 1.807) is 36.4 Å². The molecule has 0 spiro atoms. The van der Waals surface area contributed by atoms with Crippen LogP contribution < -0.4 is 15.4 Å². The van der Waals surface area contributed by atoms with Crippen LogP contribution in [0.2, 0.25) is 0 Å². The SMILES string of the molecule is COc1ccccc1C(=O)Nc1cc(NC(=O)c2ccccc2C(C)C)ccc1F. The number of hydrogen-bond acceptors (Lipinski definition) is 3. The summed E-state index contributed by atoms with van der Waals surface area (Å²) in [5, 5.41) is 5.31. The van der Waals surface area contributed by atoms with Crippen LogP contribution in [0.25, 0.3) is 0 Å². The smallest absolute Gasteiger partial charge is 0.259 e. The molecular formula is C24H23FN2O3. The van der Waals surface area contributed by atoms with Crippen LogP contribution in [0.3, 0.4) is 0 Å². The molecule has 0 saturated heterocycles. The monoisotopic (exact) mass is 406 g/mol. The van der Waals surface area contributed by atoms with Gasteiger partial charge in [0.2, 0.25) is 0 Å². The summed E-state index contributed by atoms with van der Waals surface area (Å²) in [6, 6.07) is 18.0. The normalized spacial score (nSPS) is 10.6. The highest BCUT2D eigenvalue weighted by Crippen LogP contribution is 2.25. The zero-order valence-corrected chi connectivity index (χ0v) is 17.0. The van der Waals surface area contributed by atoms with Crippen molar-refractivity contribution in [3.63, 3.8) is 0 Å². The summed E-state index contributed by atoms with van der Waals surface area (Å²) in [4.78, 5) is 25.3. The highest BCUT2D eigenvalue weighted by atomic mass is 19.1. The standard InChI is InChI=1S/C24H23FN2O3/c1-15(2)17-8-4-5-9-18(17)23(28)26-16-12-13-20(25)21(14-16)27-24(29)19-10-6-7-11-22(19)30-3/h4-15H,1-3H3,(H,26,28)(H,27,29). The van der Waals surface area contributed by atoms with Crippen LogP contribution in [-0.4, -0.2) is 18.9 Å². The minimum atomic E-state index is -0.612. The number of ether oxygens (including phenoxy) is 1. The quantitative estimate of drug-likeness (QED) is 0.571. The van der Waals surface area contributed by atoms with Gasteiger partial charge in [-0.2, -0.15) is 0 Å². The maximum Gasteiger partial charge on any atom is 0.259 e. The Balaban J connectivity index is 1.82. The van der Waals surface area contributed by atoms with Gasteiger partial charge in [0.15, 0.2) is 0 Å². The van der Waals surface area contributed by atoms with Crippen LogP contribution in [-0.2, 0) is 0 Å². The number of benzene rings is 3. The van der Waals surface area contributed by atoms with Crippen molar-refractivity contribution in [2.75, 3.05) is 17.7 Å². The van der Waals surface area contributed by atoms with Crippen molar-refractivity contribution < 1.29 is 18.7 Å². The molecule has 0 bridgehead atoms. The lowest BCUT2D eigenvalue weighted by Crippen LogP contribution is -2.16. The molecule has 0 aromatic heterocycles. The minimum Gasteiger partial charge on any atom is -0.496 e. The van der Waals surface area contributed by atoms with Gasteiger partial charge in [0.1, 0.15) is 11.6 Å². The van der Waals surface area contributed by atoms with E-state index in [1.807, 2.05) is 26.0 Å². The molecule has 3 rings (SSSR count). The molecule has 6 heteroatoms. The summed E-state index contributed by atoms with van der Waals surface area (Å²) in [7, 11) is 1.46. The Hall–Kier alpha value is -3.67. The molecule has 3 aromatic rings. The van der Waals surface area contributed by atoms with E-state index in [1.165, 1.54) is 25.3 Å². The van der Waals surface area contributed by atoms with E-state index in [9.17, 15) is 14.0 Å². The highest BCUT2D eigenvalue weighted by molar-refractivity contribution is 6.08. The Kier molecular flexibility index (Phi) is 6.47. The molecule has 2 amide bonds. The Labute approximate surface area is 174 Å². The fourth-order valence-corrected chi connectivity index (χ4v) is 3.13. The topological polar surface area (TPSA) is 67.4 Å². The molecule has 0 heterocycles. The lowest BCUT2D eigenvalue weighted by molar-refractivity contribution is 0.101. The lowest BCUT2D eigenvalue weighted by Gasteiger charge is -2.14. The number of hydrogen-bond donors (Lipinski definition) is 2. The number of para-hydroxylation sites is 1. The van der Waals surface area contributed by atoms with Gasteiger partial charge in [0.05, 0.1) is 18.4 Å². The number of rotatable bonds is 6. The van der Waals surface area contributed by atoms with Crippen molar-refractivity contribution in [2.24, 2.45) is 0 Å². The van der Waals surface area contributed by atoms with E-state index in [2.05, 4.69) is 10.6 Å². The summed E-state index contributed by atoms with van der Waals surface area (Å²) < 4.78 is 19.5. The molecule has 5 nitrogen and oxygen atoms in total. The van der Waals surface area contributed by atoms with Crippen molar-refractivity contribution in [3.8, 4) is 5.75 Å². The molecule has 154 valence electrons. The third kappa shape index (κ3) is 4.66. The van der Waals surface area contributed by atoms with Crippen molar-refractivity contribution in [2.45, 2.75) is 19.8 Å². The molecule has 0 aliphatic heterocycles. The first-order valence-electron chi connectivity index (χ1n) is 9.55. The first kappa shape index (κ1) is 21.0. The number of carbonyl (C=O) groups excluding carboxylic acids is 2. The lowest BCUT2D eigenvalue weighted by atomic mass is 9.97. The Morgan fingerprint density at radius 3 is 2.20 bits per heavy atom. The minimum absolute atomic E-state index is 0.0409. The fourth-order valence-electron chi connectivity index (χ4n) is 3.13. The molecule has 3 aromatic carbocycles. The first-order chi connectivity index (χ1) is 14.4. The molecule has 0 aliphatic carbocycles. The second kappa shape index (κ2) is 9.22. The van der Waals surface area contributed by atoms with E-state index in [0.717, 1.165) is 5.56 Å². The summed E-state index contributed by atoms with van der Waals surface area (Å²) >= 11 is 0. The molecule has 2 N–H and O–H groups in total.